The van der Waals surface area contributed by atoms with E-state index in [1.54, 1.807) is 23.9 Å². The average Bonchev–Trinajstić information content (AvgIpc) is 3.15. The molecule has 3 heterocycles. The molecule has 0 radical (unpaired) electrons. The van der Waals surface area contributed by atoms with E-state index in [4.69, 9.17) is 0 Å². The lowest BCUT2D eigenvalue weighted by Crippen LogP contribution is -1.94. The van der Waals surface area contributed by atoms with Crippen LogP contribution in [0.3, 0.4) is 0 Å². The van der Waals surface area contributed by atoms with E-state index in [-0.39, 0.29) is 10.6 Å². The number of imidazole rings is 1. The molecule has 0 saturated heterocycles. The third kappa shape index (κ3) is 3.08. The van der Waals surface area contributed by atoms with Crippen molar-refractivity contribution in [2.24, 2.45) is 0 Å². The Morgan fingerprint density at radius 2 is 2.08 bits per heavy atom. The summed E-state index contributed by atoms with van der Waals surface area (Å²) in [5.74, 6) is 1.37. The summed E-state index contributed by atoms with van der Waals surface area (Å²) < 4.78 is 3.66. The molecule has 9 heteroatoms. The van der Waals surface area contributed by atoms with Crippen molar-refractivity contribution in [1.82, 2.24) is 19.4 Å². The summed E-state index contributed by atoms with van der Waals surface area (Å²) in [5.41, 5.74) is 3.84. The molecule has 126 valence electrons. The molecule has 0 fully saturated rings. The molecule has 4 rings (SSSR count). The van der Waals surface area contributed by atoms with E-state index < -0.39 is 0 Å². The summed E-state index contributed by atoms with van der Waals surface area (Å²) in [6.45, 7) is 3.98. The highest BCUT2D eigenvalue weighted by molar-refractivity contribution is 8.00. The van der Waals surface area contributed by atoms with E-state index in [2.05, 4.69) is 15.0 Å². The molecular weight excluding hydrogens is 358 g/mol. The van der Waals surface area contributed by atoms with Gasteiger partial charge >= 0.3 is 0 Å². The fraction of sp³-hybridized carbons (Fsp3) is 0.188. The number of fused-ring (bicyclic) bond motifs is 2. The number of nitrogens with zero attached hydrogens (tertiary/aromatic N) is 5. The summed E-state index contributed by atoms with van der Waals surface area (Å²) in [5, 5.41) is 10.9. The Morgan fingerprint density at radius 1 is 1.24 bits per heavy atom. The largest absolute Gasteiger partial charge is 0.288 e. The van der Waals surface area contributed by atoms with Crippen molar-refractivity contribution in [3.05, 3.63) is 57.7 Å². The highest BCUT2D eigenvalue weighted by Crippen LogP contribution is 2.33. The summed E-state index contributed by atoms with van der Waals surface area (Å²) in [7, 11) is 0. The smallest absolute Gasteiger partial charge is 0.270 e. The normalized spacial score (nSPS) is 11.4. The number of thiazole rings is 1. The van der Waals surface area contributed by atoms with Gasteiger partial charge in [-0.15, -0.1) is 11.3 Å². The lowest BCUT2D eigenvalue weighted by atomic mass is 10.3. The van der Waals surface area contributed by atoms with Crippen molar-refractivity contribution < 1.29 is 4.92 Å². The van der Waals surface area contributed by atoms with E-state index in [0.29, 0.717) is 11.5 Å². The summed E-state index contributed by atoms with van der Waals surface area (Å²) in [4.78, 5) is 24.0. The predicted octanol–water partition coefficient (Wildman–Crippen LogP) is 4.16. The van der Waals surface area contributed by atoms with E-state index in [9.17, 15) is 10.1 Å². The van der Waals surface area contributed by atoms with Gasteiger partial charge in [0.25, 0.3) is 5.69 Å². The van der Waals surface area contributed by atoms with Crippen molar-refractivity contribution in [2.45, 2.75) is 23.9 Å². The van der Waals surface area contributed by atoms with E-state index >= 15 is 0 Å². The quantitative estimate of drug-likeness (QED) is 0.304. The number of benzene rings is 1. The van der Waals surface area contributed by atoms with Crippen LogP contribution in [0.5, 0.6) is 0 Å². The molecular formula is C16H13N5O2S2. The Labute approximate surface area is 150 Å². The van der Waals surface area contributed by atoms with Gasteiger partial charge in [-0.1, -0.05) is 11.8 Å². The number of aromatic nitrogens is 4. The Hall–Kier alpha value is -2.52. The van der Waals surface area contributed by atoms with Crippen LogP contribution in [0.2, 0.25) is 0 Å². The van der Waals surface area contributed by atoms with Crippen molar-refractivity contribution in [3.8, 4) is 0 Å². The van der Waals surface area contributed by atoms with Crippen LogP contribution in [0.4, 0.5) is 5.69 Å². The number of nitro benzene ring substituents is 1. The molecule has 0 unspecified atom stereocenters. The average molecular weight is 371 g/mol. The summed E-state index contributed by atoms with van der Waals surface area (Å²) in [6.07, 6.45) is 1.99. The lowest BCUT2D eigenvalue weighted by Gasteiger charge is -1.98. The van der Waals surface area contributed by atoms with E-state index in [1.165, 1.54) is 17.4 Å². The zero-order valence-corrected chi connectivity index (χ0v) is 15.1. The highest BCUT2D eigenvalue weighted by Gasteiger charge is 2.12. The Bertz CT molecular complexity index is 1120. The molecule has 0 bridgehead atoms. The van der Waals surface area contributed by atoms with Gasteiger partial charge < -0.3 is 0 Å². The predicted molar refractivity (Wildman–Crippen MR) is 98.3 cm³/mol. The number of aryl methyl sites for hydroxylation is 2. The molecule has 0 atom stereocenters. The van der Waals surface area contributed by atoms with Gasteiger partial charge in [-0.2, -0.15) is 0 Å². The standard InChI is InChI=1S/C16H13N5O2S2/c1-9-5-10(2)20-7-11(18-15(20)17-9)8-24-16-19-13-4-3-12(21(22)23)6-14(13)25-16/h3-7H,8H2,1-2H3. The number of hydrogen-bond acceptors (Lipinski definition) is 7. The minimum Gasteiger partial charge on any atom is -0.288 e. The minimum atomic E-state index is -0.389. The van der Waals surface area contributed by atoms with Crippen LogP contribution in [-0.4, -0.2) is 24.3 Å². The first-order valence-corrected chi connectivity index (χ1v) is 9.30. The third-order valence-corrected chi connectivity index (χ3v) is 5.91. The van der Waals surface area contributed by atoms with Gasteiger partial charge in [0.1, 0.15) is 0 Å². The topological polar surface area (TPSA) is 86.2 Å². The first-order chi connectivity index (χ1) is 12.0. The second kappa shape index (κ2) is 6.08. The fourth-order valence-electron chi connectivity index (χ4n) is 2.59. The first kappa shape index (κ1) is 16.0. The number of hydrogen-bond donors (Lipinski definition) is 0. The van der Waals surface area contributed by atoms with Crippen molar-refractivity contribution in [1.29, 1.82) is 0 Å². The number of non-ortho nitro benzene ring substituents is 1. The molecule has 3 aromatic heterocycles. The second-order valence-corrected chi connectivity index (χ2v) is 7.87. The molecule has 0 N–H and O–H groups in total. The SMILES string of the molecule is Cc1cc(C)n2cc(CSc3nc4ccc([N+](=O)[O-])cc4s3)nc2n1. The summed E-state index contributed by atoms with van der Waals surface area (Å²) >= 11 is 3.03. The molecule has 0 saturated carbocycles. The van der Waals surface area contributed by atoms with Gasteiger partial charge in [-0.25, -0.2) is 15.0 Å². The van der Waals surface area contributed by atoms with Crippen LogP contribution in [0.15, 0.2) is 34.8 Å². The van der Waals surface area contributed by atoms with Gasteiger partial charge in [0.2, 0.25) is 5.78 Å². The summed E-state index contributed by atoms with van der Waals surface area (Å²) in [6, 6.07) is 6.76. The van der Waals surface area contributed by atoms with Crippen molar-refractivity contribution in [2.75, 3.05) is 0 Å². The number of nitro groups is 1. The molecule has 25 heavy (non-hydrogen) atoms. The molecule has 1 aromatic carbocycles. The van der Waals surface area contributed by atoms with Crippen LogP contribution < -0.4 is 0 Å². The molecule has 0 amide bonds. The first-order valence-electron chi connectivity index (χ1n) is 7.49. The van der Waals surface area contributed by atoms with Crippen LogP contribution in [0, 0.1) is 24.0 Å². The van der Waals surface area contributed by atoms with Gasteiger partial charge in [0, 0.05) is 35.5 Å². The van der Waals surface area contributed by atoms with Crippen molar-refractivity contribution in [3.63, 3.8) is 0 Å². The maximum Gasteiger partial charge on any atom is 0.270 e. The lowest BCUT2D eigenvalue weighted by molar-refractivity contribution is -0.384. The van der Waals surface area contributed by atoms with Crippen LogP contribution in [-0.2, 0) is 5.75 Å². The molecule has 0 aliphatic rings. The molecule has 4 aromatic rings. The van der Waals surface area contributed by atoms with Gasteiger partial charge in [0.15, 0.2) is 4.34 Å². The monoisotopic (exact) mass is 371 g/mol. The van der Waals surface area contributed by atoms with Crippen molar-refractivity contribution >= 4 is 44.8 Å². The maximum atomic E-state index is 10.9. The Kier molecular flexibility index (Phi) is 3.89. The van der Waals surface area contributed by atoms with Gasteiger partial charge in [-0.05, 0) is 26.0 Å². The maximum absolute atomic E-state index is 10.9. The van der Waals surface area contributed by atoms with Crippen LogP contribution >= 0.6 is 23.1 Å². The third-order valence-electron chi connectivity index (χ3n) is 3.72. The molecule has 7 nitrogen and oxygen atoms in total. The molecule has 0 aliphatic carbocycles. The van der Waals surface area contributed by atoms with Gasteiger partial charge in [0.05, 0.1) is 20.8 Å². The number of rotatable bonds is 4. The fourth-order valence-corrected chi connectivity index (χ4v) is 4.58. The zero-order chi connectivity index (χ0) is 17.6. The van der Waals surface area contributed by atoms with E-state index in [0.717, 1.165) is 31.6 Å². The van der Waals surface area contributed by atoms with E-state index in [1.807, 2.05) is 30.5 Å². The number of thioether (sulfide) groups is 1. The molecule has 0 aliphatic heterocycles. The minimum absolute atomic E-state index is 0.0879. The Balaban J connectivity index is 1.57. The highest BCUT2D eigenvalue weighted by atomic mass is 32.2. The second-order valence-electron chi connectivity index (χ2n) is 5.62. The van der Waals surface area contributed by atoms with Crippen LogP contribution in [0.25, 0.3) is 16.0 Å². The van der Waals surface area contributed by atoms with Gasteiger partial charge in [-0.3, -0.25) is 14.5 Å². The zero-order valence-electron chi connectivity index (χ0n) is 13.5. The molecule has 0 spiro atoms. The van der Waals surface area contributed by atoms with Crippen LogP contribution in [0.1, 0.15) is 17.1 Å². The Morgan fingerprint density at radius 3 is 2.88 bits per heavy atom.